The van der Waals surface area contributed by atoms with Gasteiger partial charge in [-0.1, -0.05) is 18.2 Å². The number of benzene rings is 1. The third-order valence-corrected chi connectivity index (χ3v) is 2.96. The number of hydrogen-bond donors (Lipinski definition) is 2. The fraction of sp³-hybridized carbons (Fsp3) is 0.333. The quantitative estimate of drug-likeness (QED) is 0.809. The molecular formula is C15H20N4O2. The van der Waals surface area contributed by atoms with E-state index in [1.165, 1.54) is 0 Å². The lowest BCUT2D eigenvalue weighted by atomic mass is 10.1. The molecule has 0 fully saturated rings. The molecule has 0 bridgehead atoms. The van der Waals surface area contributed by atoms with Crippen molar-refractivity contribution in [1.82, 2.24) is 9.97 Å². The van der Waals surface area contributed by atoms with Gasteiger partial charge in [-0.3, -0.25) is 0 Å². The van der Waals surface area contributed by atoms with Crippen LogP contribution in [0.25, 0.3) is 0 Å². The molecule has 0 unspecified atom stereocenters. The average Bonchev–Trinajstić information content (AvgIpc) is 2.47. The zero-order chi connectivity index (χ0) is 15.1. The van der Waals surface area contributed by atoms with Crippen LogP contribution in [0.4, 0.5) is 11.6 Å². The van der Waals surface area contributed by atoms with Crippen LogP contribution in [0.2, 0.25) is 0 Å². The van der Waals surface area contributed by atoms with Crippen LogP contribution in [0.1, 0.15) is 11.4 Å². The van der Waals surface area contributed by atoms with E-state index < -0.39 is 0 Å². The predicted octanol–water partition coefficient (Wildman–Crippen LogP) is 1.87. The van der Waals surface area contributed by atoms with Crippen LogP contribution in [-0.4, -0.2) is 30.7 Å². The number of nitrogens with zero attached hydrogens (tertiary/aromatic N) is 2. The Morgan fingerprint density at radius 1 is 1.19 bits per heavy atom. The number of nitrogen functional groups attached to an aromatic ring is 1. The molecule has 0 saturated carbocycles. The minimum absolute atomic E-state index is 0.340. The molecule has 0 aliphatic carbocycles. The molecule has 0 atom stereocenters. The second-order valence-corrected chi connectivity index (χ2v) is 4.52. The highest BCUT2D eigenvalue weighted by molar-refractivity contribution is 5.45. The van der Waals surface area contributed by atoms with Crippen LogP contribution in [-0.2, 0) is 17.8 Å². The molecule has 0 spiro atoms. The lowest BCUT2D eigenvalue weighted by Crippen LogP contribution is -2.10. The van der Waals surface area contributed by atoms with Gasteiger partial charge < -0.3 is 20.5 Å². The predicted molar refractivity (Wildman–Crippen MR) is 82.3 cm³/mol. The van der Waals surface area contributed by atoms with Crippen molar-refractivity contribution in [2.75, 3.05) is 31.8 Å². The monoisotopic (exact) mass is 288 g/mol. The fourth-order valence-electron chi connectivity index (χ4n) is 2.04. The maximum Gasteiger partial charge on any atom is 0.158 e. The van der Waals surface area contributed by atoms with Gasteiger partial charge >= 0.3 is 0 Å². The molecule has 0 aliphatic rings. The van der Waals surface area contributed by atoms with Gasteiger partial charge in [-0.25, -0.2) is 9.97 Å². The van der Waals surface area contributed by atoms with Crippen molar-refractivity contribution in [1.29, 1.82) is 0 Å². The molecule has 3 N–H and O–H groups in total. The number of aromatic nitrogens is 2. The van der Waals surface area contributed by atoms with Crippen LogP contribution in [0.15, 0.2) is 30.3 Å². The van der Waals surface area contributed by atoms with Crippen molar-refractivity contribution >= 4 is 11.6 Å². The summed E-state index contributed by atoms with van der Waals surface area (Å²) in [7, 11) is 3.27. The van der Waals surface area contributed by atoms with Crippen molar-refractivity contribution in [3.8, 4) is 5.75 Å². The highest BCUT2D eigenvalue weighted by Gasteiger charge is 2.04. The summed E-state index contributed by atoms with van der Waals surface area (Å²) in [5, 5.41) is 3.24. The Morgan fingerprint density at radius 3 is 2.76 bits per heavy atom. The van der Waals surface area contributed by atoms with Gasteiger partial charge in [0.05, 0.1) is 7.11 Å². The number of rotatable bonds is 7. The summed E-state index contributed by atoms with van der Waals surface area (Å²) in [5.74, 6) is 2.58. The van der Waals surface area contributed by atoms with Crippen molar-refractivity contribution in [2.24, 2.45) is 0 Å². The van der Waals surface area contributed by atoms with E-state index in [-0.39, 0.29) is 0 Å². The van der Waals surface area contributed by atoms with E-state index in [1.807, 2.05) is 24.3 Å². The Hall–Kier alpha value is -2.34. The van der Waals surface area contributed by atoms with Crippen LogP contribution in [0, 0.1) is 0 Å². The number of hydrogen-bond acceptors (Lipinski definition) is 6. The van der Waals surface area contributed by atoms with E-state index in [0.29, 0.717) is 24.1 Å². The summed E-state index contributed by atoms with van der Waals surface area (Å²) in [6, 6.07) is 9.66. The van der Waals surface area contributed by atoms with Gasteiger partial charge in [0.25, 0.3) is 0 Å². The normalized spacial score (nSPS) is 10.4. The number of methoxy groups -OCH3 is 2. The Morgan fingerprint density at radius 2 is 2.00 bits per heavy atom. The largest absolute Gasteiger partial charge is 0.496 e. The van der Waals surface area contributed by atoms with E-state index in [9.17, 15) is 0 Å². The number of ether oxygens (including phenoxy) is 2. The molecule has 0 amide bonds. The Labute approximate surface area is 124 Å². The van der Waals surface area contributed by atoms with Gasteiger partial charge in [0, 0.05) is 19.7 Å². The zero-order valence-electron chi connectivity index (χ0n) is 12.3. The first-order valence-electron chi connectivity index (χ1n) is 6.71. The number of anilines is 2. The lowest BCUT2D eigenvalue weighted by Gasteiger charge is -2.10. The molecule has 6 heteroatoms. The second-order valence-electron chi connectivity index (χ2n) is 4.52. The van der Waals surface area contributed by atoms with Gasteiger partial charge in [-0.15, -0.1) is 0 Å². The number of nitrogens with one attached hydrogen (secondary N) is 1. The van der Waals surface area contributed by atoms with E-state index in [1.54, 1.807) is 20.3 Å². The van der Waals surface area contributed by atoms with Gasteiger partial charge in [0.15, 0.2) is 5.82 Å². The molecular weight excluding hydrogens is 268 g/mol. The molecule has 21 heavy (non-hydrogen) atoms. The average molecular weight is 288 g/mol. The molecule has 0 saturated heterocycles. The molecule has 0 radical (unpaired) electrons. The van der Waals surface area contributed by atoms with Crippen LogP contribution < -0.4 is 15.8 Å². The molecule has 1 aromatic carbocycles. The smallest absolute Gasteiger partial charge is 0.158 e. The second kappa shape index (κ2) is 7.44. The van der Waals surface area contributed by atoms with E-state index in [4.69, 9.17) is 15.2 Å². The van der Waals surface area contributed by atoms with Gasteiger partial charge in [0.1, 0.15) is 24.0 Å². The molecule has 6 nitrogen and oxygen atoms in total. The van der Waals surface area contributed by atoms with Crippen molar-refractivity contribution in [3.63, 3.8) is 0 Å². The maximum absolute atomic E-state index is 5.75. The van der Waals surface area contributed by atoms with Gasteiger partial charge in [-0.2, -0.15) is 0 Å². The topological polar surface area (TPSA) is 82.3 Å². The first-order chi connectivity index (χ1) is 10.2. The highest BCUT2D eigenvalue weighted by Crippen LogP contribution is 2.18. The van der Waals surface area contributed by atoms with Gasteiger partial charge in [-0.05, 0) is 18.1 Å². The van der Waals surface area contributed by atoms with Crippen molar-refractivity contribution < 1.29 is 9.47 Å². The molecule has 112 valence electrons. The van der Waals surface area contributed by atoms with Gasteiger partial charge in [0.2, 0.25) is 0 Å². The molecule has 1 heterocycles. The minimum Gasteiger partial charge on any atom is -0.496 e. The summed E-state index contributed by atoms with van der Waals surface area (Å²) in [5.41, 5.74) is 6.90. The summed E-state index contributed by atoms with van der Waals surface area (Å²) in [4.78, 5) is 8.44. The third-order valence-electron chi connectivity index (χ3n) is 2.96. The maximum atomic E-state index is 5.75. The van der Waals surface area contributed by atoms with E-state index in [2.05, 4.69) is 15.3 Å². The van der Waals surface area contributed by atoms with E-state index in [0.717, 1.165) is 24.3 Å². The first-order valence-corrected chi connectivity index (χ1v) is 6.71. The Balaban J connectivity index is 1.97. The summed E-state index contributed by atoms with van der Waals surface area (Å²) in [6.07, 6.45) is 0.827. The Bertz CT molecular complexity index is 590. The van der Waals surface area contributed by atoms with Crippen molar-refractivity contribution in [3.05, 3.63) is 41.7 Å². The molecule has 2 aromatic rings. The molecule has 0 aliphatic heterocycles. The van der Waals surface area contributed by atoms with Crippen molar-refractivity contribution in [2.45, 2.75) is 13.0 Å². The zero-order valence-corrected chi connectivity index (χ0v) is 12.3. The Kier molecular flexibility index (Phi) is 5.34. The molecule has 1 aromatic heterocycles. The number of para-hydroxylation sites is 1. The highest BCUT2D eigenvalue weighted by atomic mass is 16.5. The van der Waals surface area contributed by atoms with Crippen LogP contribution >= 0.6 is 0 Å². The summed E-state index contributed by atoms with van der Waals surface area (Å²) >= 11 is 0. The van der Waals surface area contributed by atoms with Crippen LogP contribution in [0.3, 0.4) is 0 Å². The molecule has 2 rings (SSSR count). The summed E-state index contributed by atoms with van der Waals surface area (Å²) in [6.45, 7) is 1.06. The van der Waals surface area contributed by atoms with E-state index >= 15 is 0 Å². The third kappa shape index (κ3) is 4.32. The lowest BCUT2D eigenvalue weighted by molar-refractivity contribution is 0.178. The SMILES string of the molecule is COCc1nc(N)cc(NCCc2ccccc2OC)n1. The fourth-order valence-corrected chi connectivity index (χ4v) is 2.04. The number of nitrogens with two attached hydrogens (primary N) is 1. The first kappa shape index (κ1) is 15.1. The summed E-state index contributed by atoms with van der Waals surface area (Å²) < 4.78 is 10.3. The minimum atomic E-state index is 0.340. The standard InChI is InChI=1S/C15H20N4O2/c1-20-10-15-18-13(16)9-14(19-15)17-8-7-11-5-3-4-6-12(11)21-2/h3-6,9H,7-8,10H2,1-2H3,(H3,16,17,18,19). The van der Waals surface area contributed by atoms with Crippen LogP contribution in [0.5, 0.6) is 5.75 Å².